The summed E-state index contributed by atoms with van der Waals surface area (Å²) in [5.74, 6) is 0.526. The molecule has 0 bridgehead atoms. The number of hydrogen-bond donors (Lipinski definition) is 2. The molecule has 0 aliphatic carbocycles. The molecule has 180 valence electrons. The van der Waals surface area contributed by atoms with E-state index in [1.165, 1.54) is 55.0 Å². The Balaban J connectivity index is -0.000000215. The quantitative estimate of drug-likeness (QED) is 0.176. The van der Waals surface area contributed by atoms with E-state index in [0.717, 1.165) is 11.3 Å². The van der Waals surface area contributed by atoms with E-state index in [4.69, 9.17) is 0 Å². The normalized spacial score (nSPS) is 9.03. The first-order chi connectivity index (χ1) is 14.8. The third-order valence-electron chi connectivity index (χ3n) is 4.26. The van der Waals surface area contributed by atoms with Crippen molar-refractivity contribution in [2.75, 3.05) is 7.05 Å². The predicted molar refractivity (Wildman–Crippen MR) is 152 cm³/mol. The first-order valence-corrected chi connectivity index (χ1v) is 12.2. The molecule has 1 rings (SSSR count). The molecular formula is C29H53NS. The zero-order valence-corrected chi connectivity index (χ0v) is 23.1. The molecule has 1 nitrogen and oxygen atoms in total. The molecule has 0 aliphatic rings. The molecule has 1 aromatic rings. The second-order valence-corrected chi connectivity index (χ2v) is 7.40. The van der Waals surface area contributed by atoms with Crippen molar-refractivity contribution in [2.24, 2.45) is 11.7 Å². The monoisotopic (exact) mass is 447 g/mol. The van der Waals surface area contributed by atoms with E-state index in [1.807, 2.05) is 20.8 Å². The van der Waals surface area contributed by atoms with Gasteiger partial charge in [0.15, 0.2) is 0 Å². The van der Waals surface area contributed by atoms with Crippen molar-refractivity contribution < 1.29 is 0 Å². The van der Waals surface area contributed by atoms with E-state index in [2.05, 4.69) is 97.0 Å². The number of hydrogen-bond acceptors (Lipinski definition) is 2. The van der Waals surface area contributed by atoms with Gasteiger partial charge in [-0.2, -0.15) is 0 Å². The standard InChI is InChI=1S/C16H22S.C6H14.C4H6.C2H6.CH5N/c1-6-7-14-8-9-15(16(17)13(14)5)10-12(4)11(2)3;1-3-5-6-4-2;1-3-4-2;2*1-2/h6-9,11,17H,4,10H2,1-3,5H3;3-6H2,1-2H3;3-4H,1-2H2;1-2H3;2H2,1H3/b7-6-;;;;. The van der Waals surface area contributed by atoms with Gasteiger partial charge >= 0.3 is 0 Å². The van der Waals surface area contributed by atoms with Gasteiger partial charge in [0.1, 0.15) is 0 Å². The molecule has 0 aromatic heterocycles. The first-order valence-electron chi connectivity index (χ1n) is 11.7. The highest BCUT2D eigenvalue weighted by Gasteiger charge is 2.08. The first kappa shape index (κ1) is 36.8. The van der Waals surface area contributed by atoms with Gasteiger partial charge in [-0.05, 0) is 49.9 Å². The average molecular weight is 448 g/mol. The minimum atomic E-state index is 0.526. The second-order valence-electron chi connectivity index (χ2n) is 6.96. The van der Waals surface area contributed by atoms with E-state index in [0.29, 0.717) is 5.92 Å². The van der Waals surface area contributed by atoms with Crippen LogP contribution in [0.15, 0.2) is 60.6 Å². The molecule has 0 aliphatic heterocycles. The zero-order valence-electron chi connectivity index (χ0n) is 22.2. The molecule has 0 saturated carbocycles. The highest BCUT2D eigenvalue weighted by Crippen LogP contribution is 2.26. The maximum atomic E-state index is 4.64. The van der Waals surface area contributed by atoms with Crippen LogP contribution < -0.4 is 5.73 Å². The summed E-state index contributed by atoms with van der Waals surface area (Å²) in [5, 5.41) is 0. The molecular weight excluding hydrogens is 394 g/mol. The smallest absolute Gasteiger partial charge is 0.0111 e. The molecule has 0 fully saturated rings. The van der Waals surface area contributed by atoms with Crippen LogP contribution >= 0.6 is 12.6 Å². The van der Waals surface area contributed by atoms with Crippen LogP contribution in [0.3, 0.4) is 0 Å². The SMILES string of the molecule is C=C(Cc1ccc(/C=C\C)c(C)c1S)C(C)C.C=CC=C.CC.CCCCCC.CN. The van der Waals surface area contributed by atoms with Gasteiger partial charge in [-0.25, -0.2) is 0 Å². The number of rotatable bonds is 8. The van der Waals surface area contributed by atoms with Gasteiger partial charge in [0.25, 0.3) is 0 Å². The van der Waals surface area contributed by atoms with E-state index < -0.39 is 0 Å². The number of nitrogens with two attached hydrogens (primary N) is 1. The zero-order chi connectivity index (χ0) is 25.2. The Morgan fingerprint density at radius 1 is 1.03 bits per heavy atom. The summed E-state index contributed by atoms with van der Waals surface area (Å²) >= 11 is 4.64. The molecule has 0 heterocycles. The summed E-state index contributed by atoms with van der Waals surface area (Å²) in [7, 11) is 1.50. The van der Waals surface area contributed by atoms with Crippen LogP contribution in [0.2, 0.25) is 0 Å². The lowest BCUT2D eigenvalue weighted by atomic mass is 9.95. The minimum Gasteiger partial charge on any atom is -0.333 e. The van der Waals surface area contributed by atoms with Crippen molar-refractivity contribution in [3.8, 4) is 0 Å². The number of allylic oxidation sites excluding steroid dienone is 4. The van der Waals surface area contributed by atoms with E-state index >= 15 is 0 Å². The Morgan fingerprint density at radius 3 is 1.81 bits per heavy atom. The van der Waals surface area contributed by atoms with Crippen LogP contribution in [0, 0.1) is 12.8 Å². The Morgan fingerprint density at radius 2 is 1.48 bits per heavy atom. The van der Waals surface area contributed by atoms with Gasteiger partial charge in [0.2, 0.25) is 0 Å². The van der Waals surface area contributed by atoms with Crippen LogP contribution in [0.4, 0.5) is 0 Å². The summed E-state index contributed by atoms with van der Waals surface area (Å²) in [5.41, 5.74) is 9.54. The van der Waals surface area contributed by atoms with Crippen LogP contribution in [-0.2, 0) is 6.42 Å². The van der Waals surface area contributed by atoms with Crippen molar-refractivity contribution in [3.63, 3.8) is 0 Å². The lowest BCUT2D eigenvalue weighted by Gasteiger charge is -2.14. The van der Waals surface area contributed by atoms with Gasteiger partial charge in [-0.15, -0.1) is 12.6 Å². The third kappa shape index (κ3) is 21.5. The molecule has 2 heteroatoms. The van der Waals surface area contributed by atoms with Crippen molar-refractivity contribution in [1.82, 2.24) is 0 Å². The fraction of sp³-hybridized carbons (Fsp3) is 0.517. The summed E-state index contributed by atoms with van der Waals surface area (Å²) < 4.78 is 0. The molecule has 0 unspecified atom stereocenters. The maximum absolute atomic E-state index is 4.64. The predicted octanol–water partition coefficient (Wildman–Crippen LogP) is 9.62. The molecule has 0 atom stereocenters. The average Bonchev–Trinajstić information content (AvgIpc) is 2.80. The Kier molecular flexibility index (Phi) is 33.9. The molecule has 1 aromatic carbocycles. The van der Waals surface area contributed by atoms with Crippen LogP contribution in [0.25, 0.3) is 6.08 Å². The van der Waals surface area contributed by atoms with Crippen molar-refractivity contribution in [2.45, 2.75) is 92.4 Å². The van der Waals surface area contributed by atoms with Gasteiger partial charge in [-0.3, -0.25) is 0 Å². The van der Waals surface area contributed by atoms with Crippen molar-refractivity contribution >= 4 is 18.7 Å². The maximum Gasteiger partial charge on any atom is 0.0111 e. The summed E-state index contributed by atoms with van der Waals surface area (Å²) in [6.45, 7) is 27.8. The third-order valence-corrected chi connectivity index (χ3v) is 4.88. The van der Waals surface area contributed by atoms with Crippen LogP contribution in [0.5, 0.6) is 0 Å². The molecule has 2 N–H and O–H groups in total. The molecule has 0 spiro atoms. The Bertz CT molecular complexity index is 573. The summed E-state index contributed by atoms with van der Waals surface area (Å²) in [6.07, 6.45) is 13.9. The van der Waals surface area contributed by atoms with Gasteiger partial charge in [-0.1, -0.05) is 129 Å². The fourth-order valence-corrected chi connectivity index (χ4v) is 2.51. The van der Waals surface area contributed by atoms with E-state index in [9.17, 15) is 0 Å². The number of thiol groups is 1. The largest absolute Gasteiger partial charge is 0.333 e. The molecule has 31 heavy (non-hydrogen) atoms. The Labute approximate surface area is 202 Å². The van der Waals surface area contributed by atoms with Gasteiger partial charge in [0.05, 0.1) is 0 Å². The van der Waals surface area contributed by atoms with Crippen LogP contribution in [0.1, 0.15) is 90.8 Å². The Hall–Kier alpha value is -1.51. The van der Waals surface area contributed by atoms with Crippen LogP contribution in [-0.4, -0.2) is 7.05 Å². The number of unbranched alkanes of at least 4 members (excludes halogenated alkanes) is 3. The van der Waals surface area contributed by atoms with Crippen molar-refractivity contribution in [1.29, 1.82) is 0 Å². The number of benzene rings is 1. The summed E-state index contributed by atoms with van der Waals surface area (Å²) in [4.78, 5) is 1.10. The molecule has 0 amide bonds. The van der Waals surface area contributed by atoms with E-state index in [1.54, 1.807) is 12.2 Å². The molecule has 0 radical (unpaired) electrons. The highest BCUT2D eigenvalue weighted by atomic mass is 32.1. The fourth-order valence-electron chi connectivity index (χ4n) is 2.22. The lowest BCUT2D eigenvalue weighted by Crippen LogP contribution is -1.99. The summed E-state index contributed by atoms with van der Waals surface area (Å²) in [6, 6.07) is 4.33. The second kappa shape index (κ2) is 28.5. The topological polar surface area (TPSA) is 26.0 Å². The molecule has 0 saturated heterocycles. The van der Waals surface area contributed by atoms with Crippen molar-refractivity contribution in [3.05, 3.63) is 72.4 Å². The van der Waals surface area contributed by atoms with E-state index in [-0.39, 0.29) is 0 Å². The lowest BCUT2D eigenvalue weighted by molar-refractivity contribution is 0.702. The van der Waals surface area contributed by atoms with Gasteiger partial charge in [0, 0.05) is 4.90 Å². The van der Waals surface area contributed by atoms with Gasteiger partial charge < -0.3 is 5.73 Å². The minimum absolute atomic E-state index is 0.526. The highest BCUT2D eigenvalue weighted by molar-refractivity contribution is 7.80.